The van der Waals surface area contributed by atoms with Gasteiger partial charge in [0.25, 0.3) is 15.9 Å². The number of amides is 1. The third kappa shape index (κ3) is 7.22. The van der Waals surface area contributed by atoms with Crippen molar-refractivity contribution in [2.24, 2.45) is 5.41 Å². The number of nitrogens with one attached hydrogen (secondary N) is 1. The molecule has 3 heterocycles. The van der Waals surface area contributed by atoms with Crippen molar-refractivity contribution in [3.05, 3.63) is 88.9 Å². The first kappa shape index (κ1) is 31.8. The van der Waals surface area contributed by atoms with Crippen LogP contribution in [-0.4, -0.2) is 53.9 Å². The highest BCUT2D eigenvalue weighted by molar-refractivity contribution is 7.92. The first-order chi connectivity index (χ1) is 21.2. The molecule has 2 aromatic carbocycles. The maximum atomic E-state index is 15.1. The van der Waals surface area contributed by atoms with Crippen LogP contribution in [0, 0.1) is 25.1 Å². The Kier molecular flexibility index (Phi) is 8.79. The standard InChI is InChI=1S/C33H36FN5O5S/c1-20-9-7-10-21(2)30(20)26-16-29-37-32(36-26)38-45(41,42)24-12-8-11-22(15-24)31(40)39(23(19-44-29)17-33(3,4)5)18-27-25(34)13-14-28(35-27)43-6/h7-16,23H,17-19H2,1-6H3,(H,36,37,38)/t23-/m1/s1. The summed E-state index contributed by atoms with van der Waals surface area (Å²) in [6, 6.07) is 15.2. The number of benzene rings is 2. The number of carbonyl (C=O) groups excluding carboxylic acids is 1. The summed E-state index contributed by atoms with van der Waals surface area (Å²) in [4.78, 5) is 28.8. The molecular formula is C33H36FN5O5S. The molecule has 0 radical (unpaired) electrons. The van der Waals surface area contributed by atoms with Crippen LogP contribution in [-0.2, 0) is 16.6 Å². The number of hydrogen-bond acceptors (Lipinski definition) is 8. The zero-order valence-electron chi connectivity index (χ0n) is 26.1. The Morgan fingerprint density at radius 2 is 1.73 bits per heavy atom. The fraction of sp³-hybridized carbons (Fsp3) is 0.333. The van der Waals surface area contributed by atoms with Crippen LogP contribution in [0.5, 0.6) is 11.8 Å². The van der Waals surface area contributed by atoms with Crippen molar-refractivity contribution >= 4 is 21.9 Å². The van der Waals surface area contributed by atoms with Crippen LogP contribution < -0.4 is 14.2 Å². The molecule has 4 aromatic rings. The second kappa shape index (κ2) is 12.4. The summed E-state index contributed by atoms with van der Waals surface area (Å²) in [5.74, 6) is -0.986. The summed E-state index contributed by atoms with van der Waals surface area (Å²) >= 11 is 0. The molecule has 4 bridgehead atoms. The molecule has 5 rings (SSSR count). The molecule has 2 aromatic heterocycles. The minimum atomic E-state index is -4.23. The number of pyridine rings is 1. The van der Waals surface area contributed by atoms with E-state index in [-0.39, 0.29) is 52.4 Å². The Balaban J connectivity index is 1.69. The Hall–Kier alpha value is -4.58. The van der Waals surface area contributed by atoms with Crippen molar-refractivity contribution in [2.45, 2.75) is 58.5 Å². The summed E-state index contributed by atoms with van der Waals surface area (Å²) < 4.78 is 56.2. The molecule has 1 atom stereocenters. The van der Waals surface area contributed by atoms with Crippen LogP contribution in [0.2, 0.25) is 0 Å². The fourth-order valence-electron chi connectivity index (χ4n) is 5.40. The van der Waals surface area contributed by atoms with Crippen LogP contribution in [0.1, 0.15) is 54.4 Å². The van der Waals surface area contributed by atoms with Gasteiger partial charge in [-0.25, -0.2) is 27.5 Å². The predicted octanol–water partition coefficient (Wildman–Crippen LogP) is 5.94. The van der Waals surface area contributed by atoms with Gasteiger partial charge in [0.05, 0.1) is 36.0 Å². The topological polar surface area (TPSA) is 124 Å². The number of halogens is 1. The molecule has 0 fully saturated rings. The molecule has 0 aliphatic carbocycles. The van der Waals surface area contributed by atoms with Crippen LogP contribution in [0.15, 0.2) is 65.6 Å². The first-order valence-corrected chi connectivity index (χ1v) is 15.9. The largest absolute Gasteiger partial charge is 0.481 e. The quantitative estimate of drug-likeness (QED) is 0.286. The summed E-state index contributed by atoms with van der Waals surface area (Å²) in [5, 5.41) is 0. The molecule has 0 spiro atoms. The average Bonchev–Trinajstić information content (AvgIpc) is 2.97. The number of aromatic nitrogens is 3. The highest BCUT2D eigenvalue weighted by Crippen LogP contribution is 2.32. The summed E-state index contributed by atoms with van der Waals surface area (Å²) in [5.41, 5.74) is 2.98. The van der Waals surface area contributed by atoms with Gasteiger partial charge in [-0.1, -0.05) is 45.0 Å². The zero-order chi connectivity index (χ0) is 32.5. The van der Waals surface area contributed by atoms with Gasteiger partial charge in [0.1, 0.15) is 12.4 Å². The van der Waals surface area contributed by atoms with Gasteiger partial charge in [-0.3, -0.25) is 4.79 Å². The molecule has 0 saturated carbocycles. The monoisotopic (exact) mass is 633 g/mol. The lowest BCUT2D eigenvalue weighted by atomic mass is 9.87. The molecule has 236 valence electrons. The van der Waals surface area contributed by atoms with E-state index in [1.165, 1.54) is 48.4 Å². The number of hydrogen-bond donors (Lipinski definition) is 1. The lowest BCUT2D eigenvalue weighted by molar-refractivity contribution is 0.0505. The summed E-state index contributed by atoms with van der Waals surface area (Å²) in [7, 11) is -2.80. The number of nitrogens with zero attached hydrogens (tertiary/aromatic N) is 4. The molecule has 1 amide bonds. The molecule has 10 nitrogen and oxygen atoms in total. The van der Waals surface area contributed by atoms with E-state index in [1.54, 1.807) is 6.07 Å². The number of aryl methyl sites for hydroxylation is 2. The van der Waals surface area contributed by atoms with Crippen molar-refractivity contribution in [2.75, 3.05) is 18.4 Å². The SMILES string of the molecule is COc1ccc(F)c(CN2C(=O)c3cccc(c3)S(=O)(=O)Nc3nc(cc(-c4c(C)cccc4C)n3)OC[C@H]2CC(C)(C)C)n1. The van der Waals surface area contributed by atoms with Gasteiger partial charge in [0.15, 0.2) is 0 Å². The van der Waals surface area contributed by atoms with Gasteiger partial charge in [0, 0.05) is 23.3 Å². The second-order valence-electron chi connectivity index (χ2n) is 12.3. The predicted molar refractivity (Wildman–Crippen MR) is 168 cm³/mol. The maximum Gasteiger partial charge on any atom is 0.264 e. The minimum Gasteiger partial charge on any atom is -0.481 e. The van der Waals surface area contributed by atoms with Crippen molar-refractivity contribution < 1.29 is 27.1 Å². The van der Waals surface area contributed by atoms with Crippen LogP contribution in [0.4, 0.5) is 10.3 Å². The second-order valence-corrected chi connectivity index (χ2v) is 13.9. The third-order valence-electron chi connectivity index (χ3n) is 7.45. The molecule has 1 aliphatic rings. The van der Waals surface area contributed by atoms with Crippen molar-refractivity contribution in [1.82, 2.24) is 19.9 Å². The summed E-state index contributed by atoms with van der Waals surface area (Å²) in [6.45, 7) is 9.73. The number of methoxy groups -OCH3 is 1. The normalized spacial score (nSPS) is 16.5. The van der Waals surface area contributed by atoms with Crippen molar-refractivity contribution in [1.29, 1.82) is 0 Å². The number of rotatable bonds is 5. The molecule has 0 unspecified atom stereocenters. The van der Waals surface area contributed by atoms with Gasteiger partial charge in [-0.05, 0) is 61.1 Å². The van der Waals surface area contributed by atoms with E-state index in [0.717, 1.165) is 16.7 Å². The molecule has 12 heteroatoms. The first-order valence-electron chi connectivity index (χ1n) is 14.5. The lowest BCUT2D eigenvalue weighted by Gasteiger charge is -2.35. The number of fused-ring (bicyclic) bond motifs is 4. The van der Waals surface area contributed by atoms with Gasteiger partial charge in [0.2, 0.25) is 17.7 Å². The molecule has 0 saturated heterocycles. The third-order valence-corrected chi connectivity index (χ3v) is 8.78. The van der Waals surface area contributed by atoms with Crippen LogP contribution in [0.3, 0.4) is 0 Å². The highest BCUT2D eigenvalue weighted by atomic mass is 32.2. The molecular weight excluding hydrogens is 597 g/mol. The summed E-state index contributed by atoms with van der Waals surface area (Å²) in [6.07, 6.45) is 0.461. The number of sulfonamides is 1. The number of carbonyl (C=O) groups is 1. The smallest absolute Gasteiger partial charge is 0.264 e. The van der Waals surface area contributed by atoms with E-state index in [4.69, 9.17) is 9.47 Å². The molecule has 1 aliphatic heterocycles. The molecule has 1 N–H and O–H groups in total. The van der Waals surface area contributed by atoms with E-state index in [2.05, 4.69) is 19.7 Å². The van der Waals surface area contributed by atoms with Gasteiger partial charge >= 0.3 is 0 Å². The number of ether oxygens (including phenoxy) is 2. The lowest BCUT2D eigenvalue weighted by Crippen LogP contribution is -2.45. The Morgan fingerprint density at radius 3 is 2.42 bits per heavy atom. The van der Waals surface area contributed by atoms with Gasteiger partial charge < -0.3 is 14.4 Å². The molecule has 45 heavy (non-hydrogen) atoms. The van der Waals surface area contributed by atoms with Crippen LogP contribution >= 0.6 is 0 Å². The average molecular weight is 634 g/mol. The van der Waals surface area contributed by atoms with Crippen molar-refractivity contribution in [3.8, 4) is 23.0 Å². The highest BCUT2D eigenvalue weighted by Gasteiger charge is 2.32. The zero-order valence-corrected chi connectivity index (χ0v) is 26.9. The fourth-order valence-corrected chi connectivity index (χ4v) is 6.39. The van der Waals surface area contributed by atoms with Gasteiger partial charge in [-0.2, -0.15) is 4.98 Å². The van der Waals surface area contributed by atoms with E-state index < -0.39 is 27.8 Å². The van der Waals surface area contributed by atoms with Gasteiger partial charge in [-0.15, -0.1) is 0 Å². The Morgan fingerprint density at radius 1 is 1.02 bits per heavy atom. The minimum absolute atomic E-state index is 0.00185. The van der Waals surface area contributed by atoms with Crippen LogP contribution in [0.25, 0.3) is 11.3 Å². The van der Waals surface area contributed by atoms with Crippen molar-refractivity contribution in [3.63, 3.8) is 0 Å². The van der Waals surface area contributed by atoms with E-state index in [0.29, 0.717) is 12.1 Å². The maximum absolute atomic E-state index is 15.1. The van der Waals surface area contributed by atoms with E-state index in [1.807, 2.05) is 52.8 Å². The Labute approximate surface area is 262 Å². The van der Waals surface area contributed by atoms with E-state index >= 15 is 4.39 Å². The van der Waals surface area contributed by atoms with E-state index in [9.17, 15) is 13.2 Å². The number of anilines is 1. The Bertz CT molecular complexity index is 1840.